The van der Waals surface area contributed by atoms with Crippen LogP contribution in [0.4, 0.5) is 0 Å². The van der Waals surface area contributed by atoms with Gasteiger partial charge in [0, 0.05) is 4.88 Å². The lowest BCUT2D eigenvalue weighted by Crippen LogP contribution is -2.33. The molecule has 1 aliphatic carbocycles. The van der Waals surface area contributed by atoms with E-state index in [4.69, 9.17) is 15.2 Å². The number of fused-ring (bicyclic) bond motifs is 3. The number of hydrogen-bond acceptors (Lipinski definition) is 7. The van der Waals surface area contributed by atoms with Gasteiger partial charge in [-0.15, -0.1) is 16.4 Å². The first-order valence-corrected chi connectivity index (χ1v) is 10.4. The van der Waals surface area contributed by atoms with Crippen molar-refractivity contribution in [2.24, 2.45) is 5.92 Å². The number of aryl methyl sites for hydroxylation is 2. The molecule has 3 aromatic rings. The Morgan fingerprint density at radius 2 is 2.11 bits per heavy atom. The van der Waals surface area contributed by atoms with Crippen molar-refractivity contribution in [2.75, 3.05) is 13.1 Å². The Labute approximate surface area is 161 Å². The first-order chi connectivity index (χ1) is 13.2. The van der Waals surface area contributed by atoms with Crippen molar-refractivity contribution in [3.05, 3.63) is 28.4 Å². The van der Waals surface area contributed by atoms with Crippen LogP contribution in [0.25, 0.3) is 16.0 Å². The van der Waals surface area contributed by atoms with E-state index in [0.717, 1.165) is 60.3 Å². The largest absolute Gasteiger partial charge is 0.296 e. The first kappa shape index (κ1) is 16.8. The van der Waals surface area contributed by atoms with Gasteiger partial charge in [0.25, 0.3) is 5.82 Å². The maximum atomic E-state index is 9.09. The molecule has 2 aliphatic rings. The highest BCUT2D eigenvalue weighted by atomic mass is 32.1. The summed E-state index contributed by atoms with van der Waals surface area (Å²) in [5, 5.41) is 14.5. The number of rotatable bonds is 3. The van der Waals surface area contributed by atoms with E-state index in [2.05, 4.69) is 21.9 Å². The minimum absolute atomic E-state index is 0.167. The lowest BCUT2D eigenvalue weighted by molar-refractivity contribution is 0.181. The monoisotopic (exact) mass is 379 g/mol. The second-order valence-corrected chi connectivity index (χ2v) is 8.67. The van der Waals surface area contributed by atoms with Crippen LogP contribution in [-0.4, -0.2) is 42.7 Å². The molecule has 0 N–H and O–H groups in total. The molecule has 7 nitrogen and oxygen atoms in total. The van der Waals surface area contributed by atoms with Gasteiger partial charge in [0.1, 0.15) is 23.1 Å². The summed E-state index contributed by atoms with van der Waals surface area (Å²) in [5.41, 5.74) is 1.36. The van der Waals surface area contributed by atoms with E-state index in [9.17, 15) is 0 Å². The van der Waals surface area contributed by atoms with Crippen LogP contribution in [0.15, 0.2) is 6.33 Å². The predicted octanol–water partition coefficient (Wildman–Crippen LogP) is 2.86. The smallest absolute Gasteiger partial charge is 0.252 e. The fraction of sp³-hybridized carbons (Fsp3) is 0.526. The minimum atomic E-state index is 0.167. The number of hydrogen-bond donors (Lipinski definition) is 0. The molecule has 0 aromatic carbocycles. The molecule has 8 heteroatoms. The lowest BCUT2D eigenvalue weighted by Gasteiger charge is -2.29. The van der Waals surface area contributed by atoms with Gasteiger partial charge in [0.2, 0.25) is 0 Å². The van der Waals surface area contributed by atoms with Gasteiger partial charge in [-0.2, -0.15) is 5.26 Å². The molecule has 0 radical (unpaired) electrons. The molecule has 1 saturated heterocycles. The van der Waals surface area contributed by atoms with Crippen molar-refractivity contribution in [1.82, 2.24) is 29.6 Å². The van der Waals surface area contributed by atoms with Gasteiger partial charge in [0.15, 0.2) is 5.82 Å². The molecule has 138 valence electrons. The van der Waals surface area contributed by atoms with Crippen LogP contribution in [0.2, 0.25) is 0 Å². The molecule has 1 fully saturated rings. The summed E-state index contributed by atoms with van der Waals surface area (Å²) in [6, 6.07) is 2.00. The second kappa shape index (κ2) is 6.66. The van der Waals surface area contributed by atoms with E-state index in [1.165, 1.54) is 29.7 Å². The third-order valence-corrected chi connectivity index (χ3v) is 6.83. The summed E-state index contributed by atoms with van der Waals surface area (Å²) >= 11 is 1.79. The van der Waals surface area contributed by atoms with Gasteiger partial charge in [-0.25, -0.2) is 19.6 Å². The van der Waals surface area contributed by atoms with E-state index in [1.54, 1.807) is 22.3 Å². The van der Waals surface area contributed by atoms with Crippen molar-refractivity contribution in [1.29, 1.82) is 5.26 Å². The highest BCUT2D eigenvalue weighted by Crippen LogP contribution is 2.38. The van der Waals surface area contributed by atoms with Crippen LogP contribution >= 0.6 is 11.3 Å². The Bertz CT molecular complexity index is 1040. The Morgan fingerprint density at radius 3 is 2.89 bits per heavy atom. The lowest BCUT2D eigenvalue weighted by atomic mass is 9.99. The number of piperidine rings is 1. The number of thiophene rings is 1. The topological polar surface area (TPSA) is 83.5 Å². The van der Waals surface area contributed by atoms with Gasteiger partial charge in [0.05, 0.1) is 11.9 Å². The molecule has 0 bridgehead atoms. The van der Waals surface area contributed by atoms with Gasteiger partial charge >= 0.3 is 0 Å². The van der Waals surface area contributed by atoms with Gasteiger partial charge in [-0.1, -0.05) is 6.92 Å². The maximum Gasteiger partial charge on any atom is 0.252 e. The zero-order chi connectivity index (χ0) is 18.4. The molecular formula is C19H21N7S. The average Bonchev–Trinajstić information content (AvgIpc) is 3.38. The Morgan fingerprint density at radius 1 is 1.26 bits per heavy atom. The van der Waals surface area contributed by atoms with Crippen molar-refractivity contribution >= 4 is 21.6 Å². The van der Waals surface area contributed by atoms with E-state index >= 15 is 0 Å². The summed E-state index contributed by atoms with van der Waals surface area (Å²) in [5.74, 6) is 2.58. The molecular weight excluding hydrogens is 358 g/mol. The van der Waals surface area contributed by atoms with Crippen LogP contribution in [0.5, 0.6) is 0 Å². The van der Waals surface area contributed by atoms with Gasteiger partial charge in [-0.3, -0.25) is 4.90 Å². The molecule has 0 atom stereocenters. The number of nitriles is 1. The molecule has 4 heterocycles. The summed E-state index contributed by atoms with van der Waals surface area (Å²) < 4.78 is 1.65. The number of nitrogens with zero attached hydrogens (tertiary/aromatic N) is 7. The highest BCUT2D eigenvalue weighted by Gasteiger charge is 2.25. The van der Waals surface area contributed by atoms with Crippen molar-refractivity contribution in [3.8, 4) is 11.9 Å². The first-order valence-electron chi connectivity index (χ1n) is 9.57. The van der Waals surface area contributed by atoms with Gasteiger partial charge < -0.3 is 0 Å². The summed E-state index contributed by atoms with van der Waals surface area (Å²) in [6.07, 6.45) is 7.43. The molecule has 0 unspecified atom stereocenters. The minimum Gasteiger partial charge on any atom is -0.296 e. The standard InChI is InChI=1S/C19H21N7S/c1-12-5-7-25(8-6-12)10-16-22-18(26-11-21-15(9-20)24-26)17-13-3-2-4-14(13)27-19(17)23-16/h11-12H,2-8,10H2,1H3. The fourth-order valence-corrected chi connectivity index (χ4v) is 5.37. The van der Waals surface area contributed by atoms with Crippen molar-refractivity contribution in [3.63, 3.8) is 0 Å². The average molecular weight is 379 g/mol. The Hall–Kier alpha value is -2.37. The van der Waals surface area contributed by atoms with Crippen LogP contribution in [-0.2, 0) is 19.4 Å². The fourth-order valence-electron chi connectivity index (χ4n) is 4.09. The molecule has 5 rings (SSSR count). The maximum absolute atomic E-state index is 9.09. The highest BCUT2D eigenvalue weighted by molar-refractivity contribution is 7.19. The third kappa shape index (κ3) is 3.01. The van der Waals surface area contributed by atoms with Crippen LogP contribution < -0.4 is 0 Å². The predicted molar refractivity (Wildman–Crippen MR) is 103 cm³/mol. The number of likely N-dealkylation sites (tertiary alicyclic amines) is 1. The molecule has 0 amide bonds. The Kier molecular flexibility index (Phi) is 4.14. The van der Waals surface area contributed by atoms with E-state index < -0.39 is 0 Å². The second-order valence-electron chi connectivity index (χ2n) is 7.58. The SMILES string of the molecule is CC1CCN(Cc2nc(-n3cnc(C#N)n3)c3c4c(sc3n2)CCC4)CC1. The van der Waals surface area contributed by atoms with E-state index in [0.29, 0.717) is 0 Å². The number of aromatic nitrogens is 5. The normalized spacial score (nSPS) is 18.1. The zero-order valence-corrected chi connectivity index (χ0v) is 16.2. The van der Waals surface area contributed by atoms with Crippen LogP contribution in [0, 0.1) is 17.2 Å². The molecule has 3 aromatic heterocycles. The van der Waals surface area contributed by atoms with Crippen LogP contribution in [0.3, 0.4) is 0 Å². The molecule has 0 saturated carbocycles. The molecule has 0 spiro atoms. The van der Waals surface area contributed by atoms with Gasteiger partial charge in [-0.05, 0) is 56.7 Å². The summed E-state index contributed by atoms with van der Waals surface area (Å²) in [6.45, 7) is 5.28. The zero-order valence-electron chi connectivity index (χ0n) is 15.4. The summed E-state index contributed by atoms with van der Waals surface area (Å²) in [7, 11) is 0. The van der Waals surface area contributed by atoms with E-state index in [1.807, 2.05) is 6.07 Å². The molecule has 27 heavy (non-hydrogen) atoms. The molecule has 1 aliphatic heterocycles. The van der Waals surface area contributed by atoms with Crippen LogP contribution in [0.1, 0.15) is 48.3 Å². The quantitative estimate of drug-likeness (QED) is 0.696. The Balaban J connectivity index is 1.58. The van der Waals surface area contributed by atoms with Crippen molar-refractivity contribution in [2.45, 2.75) is 45.6 Å². The van der Waals surface area contributed by atoms with E-state index in [-0.39, 0.29) is 5.82 Å². The van der Waals surface area contributed by atoms with Crippen molar-refractivity contribution < 1.29 is 0 Å². The summed E-state index contributed by atoms with van der Waals surface area (Å²) in [4.78, 5) is 18.8. The third-order valence-electron chi connectivity index (χ3n) is 5.64.